The minimum atomic E-state index is -0.911. The molecule has 0 fully saturated rings. The summed E-state index contributed by atoms with van der Waals surface area (Å²) in [6.07, 6.45) is 6.72. The summed E-state index contributed by atoms with van der Waals surface area (Å²) in [5.41, 5.74) is 12.2. The molecule has 1 unspecified atom stereocenters. The Labute approximate surface area is 289 Å². The van der Waals surface area contributed by atoms with Crippen LogP contribution in [0.5, 0.6) is 11.5 Å². The molecule has 49 heavy (non-hydrogen) atoms. The molecule has 3 aromatic heterocycles. The SMILES string of the molecule is CNC(=O)c1ccc(/C=C/C(=O)C(N)c2cccn2-c2ccc(Cl)c(COc3cccc4c(OCc5ccccn5)cc(C)nc34)c2)cc1. The van der Waals surface area contributed by atoms with Crippen LogP contribution in [0.15, 0.2) is 116 Å². The van der Waals surface area contributed by atoms with Gasteiger partial charge in [-0.15, -0.1) is 0 Å². The van der Waals surface area contributed by atoms with Gasteiger partial charge in [0, 0.05) is 64.1 Å². The maximum absolute atomic E-state index is 13.1. The predicted molar refractivity (Wildman–Crippen MR) is 191 cm³/mol. The van der Waals surface area contributed by atoms with E-state index in [0.29, 0.717) is 39.9 Å². The van der Waals surface area contributed by atoms with Crippen molar-refractivity contribution in [1.29, 1.82) is 0 Å². The Balaban J connectivity index is 1.18. The summed E-state index contributed by atoms with van der Waals surface area (Å²) in [5, 5.41) is 3.94. The van der Waals surface area contributed by atoms with Crippen molar-refractivity contribution >= 4 is 40.3 Å². The van der Waals surface area contributed by atoms with E-state index >= 15 is 0 Å². The lowest BCUT2D eigenvalue weighted by atomic mass is 10.1. The van der Waals surface area contributed by atoms with Crippen molar-refractivity contribution in [2.45, 2.75) is 26.2 Å². The van der Waals surface area contributed by atoms with Crippen LogP contribution in [-0.4, -0.2) is 33.3 Å². The second-order valence-electron chi connectivity index (χ2n) is 11.3. The van der Waals surface area contributed by atoms with Gasteiger partial charge in [0.1, 0.15) is 36.3 Å². The zero-order valence-electron chi connectivity index (χ0n) is 27.0. The van der Waals surface area contributed by atoms with Gasteiger partial charge in [-0.25, -0.2) is 4.98 Å². The second kappa shape index (κ2) is 15.0. The number of hydrogen-bond donors (Lipinski definition) is 2. The Morgan fingerprint density at radius 2 is 1.76 bits per heavy atom. The van der Waals surface area contributed by atoms with Gasteiger partial charge < -0.3 is 25.1 Å². The molecule has 3 N–H and O–H groups in total. The van der Waals surface area contributed by atoms with Crippen molar-refractivity contribution in [2.24, 2.45) is 5.73 Å². The summed E-state index contributed by atoms with van der Waals surface area (Å²) >= 11 is 6.64. The molecule has 3 aromatic carbocycles. The van der Waals surface area contributed by atoms with Gasteiger partial charge in [0.15, 0.2) is 5.78 Å². The molecule has 9 nitrogen and oxygen atoms in total. The molecule has 0 saturated carbocycles. The fourth-order valence-corrected chi connectivity index (χ4v) is 5.53. The molecule has 246 valence electrons. The summed E-state index contributed by atoms with van der Waals surface area (Å²) in [5.74, 6) is 0.840. The topological polar surface area (TPSA) is 121 Å². The highest BCUT2D eigenvalue weighted by Gasteiger charge is 2.19. The van der Waals surface area contributed by atoms with Gasteiger partial charge in [0.25, 0.3) is 5.91 Å². The first kappa shape index (κ1) is 33.1. The Kier molecular flexibility index (Phi) is 10.1. The van der Waals surface area contributed by atoms with Crippen molar-refractivity contribution in [2.75, 3.05) is 7.05 Å². The highest BCUT2D eigenvalue weighted by molar-refractivity contribution is 6.31. The van der Waals surface area contributed by atoms with Crippen molar-refractivity contribution < 1.29 is 19.1 Å². The molecule has 0 aliphatic carbocycles. The number of fused-ring (bicyclic) bond motifs is 1. The molecule has 0 radical (unpaired) electrons. The van der Waals surface area contributed by atoms with Gasteiger partial charge >= 0.3 is 0 Å². The van der Waals surface area contributed by atoms with E-state index < -0.39 is 6.04 Å². The Bertz CT molecular complexity index is 2150. The van der Waals surface area contributed by atoms with Crippen LogP contribution in [0.1, 0.15) is 44.6 Å². The maximum atomic E-state index is 13.1. The fraction of sp³-hybridized carbons (Fsp3) is 0.128. The van der Waals surface area contributed by atoms with E-state index in [1.165, 1.54) is 6.08 Å². The minimum Gasteiger partial charge on any atom is -0.487 e. The third-order valence-corrected chi connectivity index (χ3v) is 8.30. The number of carbonyl (C=O) groups excluding carboxylic acids is 2. The maximum Gasteiger partial charge on any atom is 0.251 e. The molecular weight excluding hydrogens is 638 g/mol. The van der Waals surface area contributed by atoms with Gasteiger partial charge in [-0.2, -0.15) is 0 Å². The van der Waals surface area contributed by atoms with Crippen LogP contribution in [0.25, 0.3) is 22.7 Å². The molecule has 0 aliphatic rings. The number of ketones is 1. The number of para-hydroxylation sites is 1. The molecule has 0 spiro atoms. The summed E-state index contributed by atoms with van der Waals surface area (Å²) in [6.45, 7) is 2.42. The first-order chi connectivity index (χ1) is 23.8. The summed E-state index contributed by atoms with van der Waals surface area (Å²) < 4.78 is 14.3. The van der Waals surface area contributed by atoms with E-state index in [-0.39, 0.29) is 18.3 Å². The average molecular weight is 672 g/mol. The molecule has 6 rings (SSSR count). The number of nitrogens with one attached hydrogen (secondary N) is 1. The zero-order chi connectivity index (χ0) is 34.3. The van der Waals surface area contributed by atoms with Crippen molar-refractivity contribution in [3.8, 4) is 17.2 Å². The van der Waals surface area contributed by atoms with Crippen molar-refractivity contribution in [3.63, 3.8) is 0 Å². The molecular formula is C39H34ClN5O4. The number of carbonyl (C=O) groups is 2. The summed E-state index contributed by atoms with van der Waals surface area (Å²) in [6, 6.07) is 28.6. The number of aryl methyl sites for hydroxylation is 1. The largest absolute Gasteiger partial charge is 0.487 e. The fourth-order valence-electron chi connectivity index (χ4n) is 5.36. The van der Waals surface area contributed by atoms with Crippen LogP contribution in [0, 0.1) is 6.92 Å². The summed E-state index contributed by atoms with van der Waals surface area (Å²) in [7, 11) is 1.58. The molecule has 10 heteroatoms. The van der Waals surface area contributed by atoms with Crippen LogP contribution in [0.4, 0.5) is 0 Å². The second-order valence-corrected chi connectivity index (χ2v) is 11.7. The minimum absolute atomic E-state index is 0.175. The Morgan fingerprint density at radius 1 is 0.939 bits per heavy atom. The van der Waals surface area contributed by atoms with Crippen LogP contribution >= 0.6 is 11.6 Å². The van der Waals surface area contributed by atoms with E-state index in [1.807, 2.05) is 84.4 Å². The average Bonchev–Trinajstić information content (AvgIpc) is 3.62. The number of ether oxygens (including phenoxy) is 2. The molecule has 0 saturated heterocycles. The molecule has 1 atom stereocenters. The van der Waals surface area contributed by atoms with Crippen LogP contribution in [-0.2, 0) is 18.0 Å². The zero-order valence-corrected chi connectivity index (χ0v) is 27.7. The van der Waals surface area contributed by atoms with E-state index in [2.05, 4.69) is 10.3 Å². The first-order valence-electron chi connectivity index (χ1n) is 15.6. The number of nitrogens with two attached hydrogens (primary N) is 1. The highest BCUT2D eigenvalue weighted by Crippen LogP contribution is 2.33. The highest BCUT2D eigenvalue weighted by atomic mass is 35.5. The lowest BCUT2D eigenvalue weighted by Crippen LogP contribution is -2.22. The number of nitrogens with zero attached hydrogens (tertiary/aromatic N) is 3. The number of rotatable bonds is 12. The molecule has 0 aliphatic heterocycles. The third-order valence-electron chi connectivity index (χ3n) is 7.93. The Hall–Kier alpha value is -5.77. The first-order valence-corrected chi connectivity index (χ1v) is 16.0. The number of benzene rings is 3. The van der Waals surface area contributed by atoms with Gasteiger partial charge in [0.2, 0.25) is 0 Å². The van der Waals surface area contributed by atoms with Crippen LogP contribution in [0.2, 0.25) is 5.02 Å². The summed E-state index contributed by atoms with van der Waals surface area (Å²) in [4.78, 5) is 34.0. The number of hydrogen-bond acceptors (Lipinski definition) is 7. The standard InChI is InChI=1S/C39H34ClN5O4/c1-25-21-36(49-24-29-7-3-4-19-43-29)31-8-5-10-35(38(31)44-25)48-23-28-22-30(16-17-32(28)40)45-20-6-9-33(45)37(41)34(46)18-13-26-11-14-27(15-12-26)39(47)42-2/h3-22,37H,23-24,41H2,1-2H3,(H,42,47)/b18-13+. The quantitative estimate of drug-likeness (QED) is 0.132. The monoisotopic (exact) mass is 671 g/mol. The normalized spacial score (nSPS) is 11.8. The lowest BCUT2D eigenvalue weighted by molar-refractivity contribution is -0.115. The van der Waals surface area contributed by atoms with Gasteiger partial charge in [-0.3, -0.25) is 14.6 Å². The molecule has 6 aromatic rings. The molecule has 3 heterocycles. The van der Waals surface area contributed by atoms with E-state index in [1.54, 1.807) is 49.7 Å². The number of amides is 1. The number of pyridine rings is 2. The van der Waals surface area contributed by atoms with Gasteiger partial charge in [-0.1, -0.05) is 41.9 Å². The van der Waals surface area contributed by atoms with E-state index in [0.717, 1.165) is 33.6 Å². The third kappa shape index (κ3) is 7.70. The van der Waals surface area contributed by atoms with E-state index in [9.17, 15) is 9.59 Å². The van der Waals surface area contributed by atoms with Crippen molar-refractivity contribution in [3.05, 3.63) is 154 Å². The Morgan fingerprint density at radius 3 is 2.53 bits per heavy atom. The van der Waals surface area contributed by atoms with Crippen molar-refractivity contribution in [1.82, 2.24) is 19.9 Å². The van der Waals surface area contributed by atoms with Crippen LogP contribution < -0.4 is 20.5 Å². The molecule has 1 amide bonds. The molecule has 0 bridgehead atoms. The number of halogens is 1. The van der Waals surface area contributed by atoms with Crippen LogP contribution in [0.3, 0.4) is 0 Å². The lowest BCUT2D eigenvalue weighted by Gasteiger charge is -2.16. The van der Waals surface area contributed by atoms with Gasteiger partial charge in [0.05, 0.1) is 5.69 Å². The number of aromatic nitrogens is 3. The smallest absolute Gasteiger partial charge is 0.251 e. The van der Waals surface area contributed by atoms with E-state index in [4.69, 9.17) is 31.8 Å². The predicted octanol–water partition coefficient (Wildman–Crippen LogP) is 7.18. The van der Waals surface area contributed by atoms with Gasteiger partial charge in [-0.05, 0) is 85.3 Å².